The van der Waals surface area contributed by atoms with Gasteiger partial charge in [-0.3, -0.25) is 4.79 Å². The topological polar surface area (TPSA) is 74.6 Å². The van der Waals surface area contributed by atoms with Crippen molar-refractivity contribution in [1.29, 1.82) is 0 Å². The molecule has 1 unspecified atom stereocenters. The maximum absolute atomic E-state index is 15.8. The third-order valence-corrected chi connectivity index (χ3v) is 6.90. The van der Waals surface area contributed by atoms with Gasteiger partial charge in [-0.05, 0) is 23.8 Å². The Morgan fingerprint density at radius 1 is 1.13 bits per heavy atom. The number of carboxylic acids is 1. The minimum Gasteiger partial charge on any atom is -0.477 e. The first-order valence-corrected chi connectivity index (χ1v) is 10.5. The first kappa shape index (κ1) is 20.0. The number of nitrogens with one attached hydrogen (secondary N) is 1. The lowest BCUT2D eigenvalue weighted by Crippen LogP contribution is -2.44. The Labute approximate surface area is 178 Å². The van der Waals surface area contributed by atoms with Crippen LogP contribution in [0.4, 0.5) is 18.9 Å². The summed E-state index contributed by atoms with van der Waals surface area (Å²) >= 11 is 1.07. The largest absolute Gasteiger partial charge is 0.477 e. The molecule has 0 bridgehead atoms. The molecule has 0 spiro atoms. The lowest BCUT2D eigenvalue weighted by atomic mass is 10.1. The van der Waals surface area contributed by atoms with Gasteiger partial charge < -0.3 is 19.9 Å². The molecular formula is C21H16F3N3O3S. The van der Waals surface area contributed by atoms with Crippen LogP contribution < -0.4 is 15.6 Å². The lowest BCUT2D eigenvalue weighted by molar-refractivity contribution is 0.0689. The average Bonchev–Trinajstić information content (AvgIpc) is 2.73. The van der Waals surface area contributed by atoms with E-state index in [0.717, 1.165) is 17.8 Å². The molecule has 31 heavy (non-hydrogen) atoms. The minimum atomic E-state index is -1.47. The first-order valence-electron chi connectivity index (χ1n) is 9.59. The van der Waals surface area contributed by atoms with Crippen LogP contribution in [0.2, 0.25) is 0 Å². The van der Waals surface area contributed by atoms with Crippen molar-refractivity contribution >= 4 is 34.3 Å². The van der Waals surface area contributed by atoms with Gasteiger partial charge in [0.05, 0.1) is 15.9 Å². The van der Waals surface area contributed by atoms with Gasteiger partial charge in [-0.1, -0.05) is 23.9 Å². The molecule has 5 rings (SSSR count). The number of benzene rings is 2. The van der Waals surface area contributed by atoms with Gasteiger partial charge in [0.2, 0.25) is 5.43 Å². The number of aromatic carboxylic acids is 1. The van der Waals surface area contributed by atoms with E-state index in [1.807, 2.05) is 0 Å². The zero-order valence-electron chi connectivity index (χ0n) is 16.0. The van der Waals surface area contributed by atoms with Crippen molar-refractivity contribution < 1.29 is 23.1 Å². The predicted molar refractivity (Wildman–Crippen MR) is 111 cm³/mol. The Bertz CT molecular complexity index is 1290. The maximum Gasteiger partial charge on any atom is 0.342 e. The number of thioether (sulfide) groups is 1. The van der Waals surface area contributed by atoms with Crippen molar-refractivity contribution in [2.24, 2.45) is 0 Å². The summed E-state index contributed by atoms with van der Waals surface area (Å²) in [5.74, 6) is -3.72. The van der Waals surface area contributed by atoms with Crippen LogP contribution in [0.1, 0.15) is 21.3 Å². The van der Waals surface area contributed by atoms with Crippen molar-refractivity contribution in [3.05, 3.63) is 69.1 Å². The Balaban J connectivity index is 1.81. The molecule has 0 amide bonds. The summed E-state index contributed by atoms with van der Waals surface area (Å²) in [7, 11) is 0. The van der Waals surface area contributed by atoms with E-state index >= 15 is 4.39 Å². The van der Waals surface area contributed by atoms with Gasteiger partial charge in [0, 0.05) is 26.2 Å². The molecule has 1 saturated heterocycles. The second-order valence-electron chi connectivity index (χ2n) is 7.36. The third kappa shape index (κ3) is 3.01. The van der Waals surface area contributed by atoms with E-state index in [-0.39, 0.29) is 21.6 Å². The van der Waals surface area contributed by atoms with Crippen molar-refractivity contribution in [3.63, 3.8) is 0 Å². The molecule has 6 nitrogen and oxygen atoms in total. The van der Waals surface area contributed by atoms with Gasteiger partial charge in [0.25, 0.3) is 0 Å². The van der Waals surface area contributed by atoms with Crippen LogP contribution in [0.5, 0.6) is 0 Å². The second-order valence-corrected chi connectivity index (χ2v) is 8.43. The molecule has 0 radical (unpaired) electrons. The number of hydrogen-bond acceptors (Lipinski definition) is 5. The number of hydrogen-bond donors (Lipinski definition) is 2. The zero-order valence-corrected chi connectivity index (χ0v) is 16.8. The standard InChI is InChI=1S/C21H16F3N3O3S/c22-11-3-1-10(2-4-11)19-27-16-12(18(28)14(21(29)30)20(27)31-19)9-13(23)17(15(16)24)26-7-5-25-6-8-26/h1-4,9,19,25H,5-8H2,(H,29,30). The number of rotatable bonds is 3. The third-order valence-electron chi connectivity index (χ3n) is 5.57. The number of carboxylic acid groups (broad SMARTS) is 1. The minimum absolute atomic E-state index is 0.0936. The number of carbonyl (C=O) groups is 1. The van der Waals surface area contributed by atoms with Crippen LogP contribution in [-0.4, -0.2) is 41.8 Å². The van der Waals surface area contributed by atoms with Crippen molar-refractivity contribution in [2.75, 3.05) is 31.1 Å². The first-order chi connectivity index (χ1) is 14.9. The molecule has 2 aliphatic heterocycles. The number of nitrogens with zero attached hydrogens (tertiary/aromatic N) is 2. The molecule has 2 aliphatic rings. The molecule has 2 aromatic carbocycles. The van der Waals surface area contributed by atoms with E-state index < -0.39 is 39.8 Å². The average molecular weight is 447 g/mol. The molecule has 1 fully saturated rings. The number of aromatic nitrogens is 1. The number of piperazine rings is 1. The van der Waals surface area contributed by atoms with Gasteiger partial charge in [-0.2, -0.15) is 0 Å². The van der Waals surface area contributed by atoms with E-state index in [9.17, 15) is 23.5 Å². The number of fused-ring (bicyclic) bond motifs is 3. The van der Waals surface area contributed by atoms with Crippen molar-refractivity contribution in [3.8, 4) is 0 Å². The summed E-state index contributed by atoms with van der Waals surface area (Å²) in [6, 6.07) is 6.44. The molecule has 3 heterocycles. The molecule has 1 aromatic heterocycles. The Morgan fingerprint density at radius 3 is 2.45 bits per heavy atom. The summed E-state index contributed by atoms with van der Waals surface area (Å²) < 4.78 is 45.5. The highest BCUT2D eigenvalue weighted by atomic mass is 32.2. The fourth-order valence-electron chi connectivity index (χ4n) is 4.12. The van der Waals surface area contributed by atoms with Crippen molar-refractivity contribution in [1.82, 2.24) is 9.88 Å². The van der Waals surface area contributed by atoms with Crippen LogP contribution in [0.3, 0.4) is 0 Å². The normalized spacial score (nSPS) is 18.0. The smallest absolute Gasteiger partial charge is 0.342 e. The summed E-state index contributed by atoms with van der Waals surface area (Å²) in [6.07, 6.45) is 0. The Morgan fingerprint density at radius 2 is 1.81 bits per heavy atom. The molecule has 2 N–H and O–H groups in total. The molecule has 10 heteroatoms. The molecule has 1 atom stereocenters. The number of pyridine rings is 1. The molecule has 3 aromatic rings. The monoisotopic (exact) mass is 447 g/mol. The van der Waals surface area contributed by atoms with E-state index in [0.29, 0.717) is 31.7 Å². The summed E-state index contributed by atoms with van der Waals surface area (Å²) in [4.78, 5) is 26.2. The second kappa shape index (κ2) is 7.31. The summed E-state index contributed by atoms with van der Waals surface area (Å²) in [6.45, 7) is 1.89. The highest BCUT2D eigenvalue weighted by Crippen LogP contribution is 2.51. The number of halogens is 3. The Hall–Kier alpha value is -2.98. The zero-order chi connectivity index (χ0) is 21.9. The summed E-state index contributed by atoms with van der Waals surface area (Å²) in [5, 5.41) is 11.9. The lowest BCUT2D eigenvalue weighted by Gasteiger charge is -2.36. The molecule has 160 valence electrons. The highest BCUT2D eigenvalue weighted by Gasteiger charge is 2.38. The van der Waals surface area contributed by atoms with Crippen molar-refractivity contribution in [2.45, 2.75) is 10.4 Å². The molecule has 0 aliphatic carbocycles. The van der Waals surface area contributed by atoms with E-state index in [2.05, 4.69) is 5.32 Å². The fraction of sp³-hybridized carbons (Fsp3) is 0.238. The SMILES string of the molecule is O=C(O)c1c2n(c3c(F)c(N4CCNCC4)c(F)cc3c1=O)C(c1ccc(F)cc1)S2. The van der Waals surface area contributed by atoms with Gasteiger partial charge in [0.15, 0.2) is 5.82 Å². The highest BCUT2D eigenvalue weighted by molar-refractivity contribution is 8.00. The van der Waals surface area contributed by atoms with E-state index in [1.54, 1.807) is 4.90 Å². The van der Waals surface area contributed by atoms with Gasteiger partial charge >= 0.3 is 5.97 Å². The van der Waals surface area contributed by atoms with Gasteiger partial charge in [-0.15, -0.1) is 0 Å². The predicted octanol–water partition coefficient (Wildman–Crippen LogP) is 3.18. The quantitative estimate of drug-likeness (QED) is 0.643. The van der Waals surface area contributed by atoms with Crippen LogP contribution >= 0.6 is 11.8 Å². The van der Waals surface area contributed by atoms with E-state index in [4.69, 9.17) is 0 Å². The van der Waals surface area contributed by atoms with E-state index in [1.165, 1.54) is 28.8 Å². The molecule has 0 saturated carbocycles. The van der Waals surface area contributed by atoms with Gasteiger partial charge in [-0.25, -0.2) is 18.0 Å². The summed E-state index contributed by atoms with van der Waals surface area (Å²) in [5.41, 5.74) is -1.23. The van der Waals surface area contributed by atoms with Crippen LogP contribution in [0.25, 0.3) is 10.9 Å². The van der Waals surface area contributed by atoms with Crippen LogP contribution in [-0.2, 0) is 0 Å². The molecular weight excluding hydrogens is 431 g/mol. The fourth-order valence-corrected chi connectivity index (χ4v) is 5.39. The Kier molecular flexibility index (Phi) is 4.71. The van der Waals surface area contributed by atoms with Gasteiger partial charge in [0.1, 0.15) is 28.3 Å². The maximum atomic E-state index is 15.8. The number of anilines is 1. The van der Waals surface area contributed by atoms with Crippen LogP contribution in [0, 0.1) is 17.5 Å². The van der Waals surface area contributed by atoms with Crippen LogP contribution in [0.15, 0.2) is 40.2 Å².